The Bertz CT molecular complexity index is 258. The van der Waals surface area contributed by atoms with E-state index in [4.69, 9.17) is 0 Å². The Kier molecular flexibility index (Phi) is 2.60. The third kappa shape index (κ3) is 1.73. The molecular formula is C11H16N2. The summed E-state index contributed by atoms with van der Waals surface area (Å²) in [6.07, 6.45) is 4.41. The summed E-state index contributed by atoms with van der Waals surface area (Å²) in [5, 5.41) is 3.51. The molecule has 70 valence electrons. The molecule has 0 amide bonds. The highest BCUT2D eigenvalue weighted by molar-refractivity contribution is 5.11. The van der Waals surface area contributed by atoms with Crippen LogP contribution in [0, 0.1) is 5.92 Å². The van der Waals surface area contributed by atoms with E-state index in [0.717, 1.165) is 12.5 Å². The topological polar surface area (TPSA) is 24.9 Å². The number of hydrogen-bond donors (Lipinski definition) is 1. The molecular weight excluding hydrogens is 160 g/mol. The second kappa shape index (κ2) is 3.88. The number of nitrogens with one attached hydrogen (secondary N) is 1. The van der Waals surface area contributed by atoms with Crippen LogP contribution in [-0.2, 0) is 0 Å². The van der Waals surface area contributed by atoms with E-state index in [0.29, 0.717) is 6.04 Å². The molecule has 2 atom stereocenters. The lowest BCUT2D eigenvalue weighted by Crippen LogP contribution is -2.18. The van der Waals surface area contributed by atoms with E-state index in [2.05, 4.69) is 29.4 Å². The highest BCUT2D eigenvalue weighted by atomic mass is 15.0. The monoisotopic (exact) mass is 176 g/mol. The zero-order chi connectivity index (χ0) is 9.10. The van der Waals surface area contributed by atoms with E-state index in [1.165, 1.54) is 18.5 Å². The fraction of sp³-hybridized carbons (Fsp3) is 0.545. The average Bonchev–Trinajstić information content (AvgIpc) is 2.67. The van der Waals surface area contributed by atoms with Crippen molar-refractivity contribution in [3.63, 3.8) is 0 Å². The first kappa shape index (κ1) is 8.70. The molecule has 13 heavy (non-hydrogen) atoms. The molecule has 1 aliphatic rings. The lowest BCUT2D eigenvalue weighted by Gasteiger charge is -2.16. The van der Waals surface area contributed by atoms with E-state index in [1.807, 2.05) is 12.3 Å². The zero-order valence-corrected chi connectivity index (χ0v) is 8.03. The number of aromatic nitrogens is 1. The van der Waals surface area contributed by atoms with E-state index in [9.17, 15) is 0 Å². The number of nitrogens with zero attached hydrogens (tertiary/aromatic N) is 1. The van der Waals surface area contributed by atoms with Gasteiger partial charge in [0.2, 0.25) is 0 Å². The molecule has 0 spiro atoms. The molecule has 0 aliphatic carbocycles. The summed E-state index contributed by atoms with van der Waals surface area (Å²) in [4.78, 5) is 4.40. The van der Waals surface area contributed by atoms with Crippen molar-refractivity contribution in [2.45, 2.75) is 25.8 Å². The van der Waals surface area contributed by atoms with E-state index in [1.54, 1.807) is 0 Å². The fourth-order valence-corrected chi connectivity index (χ4v) is 2.10. The van der Waals surface area contributed by atoms with Crippen molar-refractivity contribution in [2.75, 3.05) is 6.54 Å². The summed E-state index contributed by atoms with van der Waals surface area (Å²) in [5.41, 5.74) is 1.20. The van der Waals surface area contributed by atoms with Crippen LogP contribution in [0.1, 0.15) is 31.5 Å². The maximum Gasteiger partial charge on any atom is 0.0576 e. The third-order valence-electron chi connectivity index (χ3n) is 2.88. The third-order valence-corrected chi connectivity index (χ3v) is 2.88. The van der Waals surface area contributed by atoms with Gasteiger partial charge in [-0.2, -0.15) is 0 Å². The number of pyridine rings is 1. The Morgan fingerprint density at radius 3 is 3.15 bits per heavy atom. The Morgan fingerprint density at radius 2 is 2.46 bits per heavy atom. The smallest absolute Gasteiger partial charge is 0.0576 e. The molecule has 1 aliphatic heterocycles. The molecule has 1 saturated heterocycles. The van der Waals surface area contributed by atoms with Gasteiger partial charge in [0.25, 0.3) is 0 Å². The van der Waals surface area contributed by atoms with Crippen molar-refractivity contribution in [3.05, 3.63) is 30.1 Å². The quantitative estimate of drug-likeness (QED) is 0.746. The SMILES string of the molecule is CC[C@@H]1CCN[C@@H]1c1ccccn1. The van der Waals surface area contributed by atoms with Crippen molar-refractivity contribution >= 4 is 0 Å². The lowest BCUT2D eigenvalue weighted by atomic mass is 9.95. The minimum absolute atomic E-state index is 0.492. The van der Waals surface area contributed by atoms with Crippen LogP contribution in [0.15, 0.2) is 24.4 Å². The van der Waals surface area contributed by atoms with Gasteiger partial charge in [-0.1, -0.05) is 19.4 Å². The predicted molar refractivity (Wildman–Crippen MR) is 53.4 cm³/mol. The lowest BCUT2D eigenvalue weighted by molar-refractivity contribution is 0.441. The van der Waals surface area contributed by atoms with Crippen molar-refractivity contribution in [1.82, 2.24) is 10.3 Å². The first-order valence-electron chi connectivity index (χ1n) is 5.06. The minimum Gasteiger partial charge on any atom is -0.308 e. The van der Waals surface area contributed by atoms with E-state index >= 15 is 0 Å². The van der Waals surface area contributed by atoms with Gasteiger partial charge in [0, 0.05) is 6.20 Å². The molecule has 1 aromatic rings. The molecule has 1 aromatic heterocycles. The molecule has 1 N–H and O–H groups in total. The Balaban J connectivity index is 2.16. The Hall–Kier alpha value is -0.890. The van der Waals surface area contributed by atoms with Crippen LogP contribution in [-0.4, -0.2) is 11.5 Å². The zero-order valence-electron chi connectivity index (χ0n) is 8.03. The molecule has 2 heteroatoms. The summed E-state index contributed by atoms with van der Waals surface area (Å²) in [7, 11) is 0. The summed E-state index contributed by atoms with van der Waals surface area (Å²) in [6, 6.07) is 6.64. The normalized spacial score (nSPS) is 27.8. The van der Waals surface area contributed by atoms with Crippen LogP contribution in [0.2, 0.25) is 0 Å². The van der Waals surface area contributed by atoms with Crippen LogP contribution < -0.4 is 5.32 Å². The van der Waals surface area contributed by atoms with Crippen LogP contribution in [0.5, 0.6) is 0 Å². The van der Waals surface area contributed by atoms with Gasteiger partial charge in [-0.25, -0.2) is 0 Å². The van der Waals surface area contributed by atoms with Gasteiger partial charge in [-0.15, -0.1) is 0 Å². The highest BCUT2D eigenvalue weighted by Crippen LogP contribution is 2.30. The highest BCUT2D eigenvalue weighted by Gasteiger charge is 2.26. The molecule has 0 unspecified atom stereocenters. The summed E-state index contributed by atoms with van der Waals surface area (Å²) in [5.74, 6) is 0.773. The van der Waals surface area contributed by atoms with Crippen LogP contribution in [0.3, 0.4) is 0 Å². The van der Waals surface area contributed by atoms with Gasteiger partial charge in [0.15, 0.2) is 0 Å². The Labute approximate surface area is 79.4 Å². The van der Waals surface area contributed by atoms with Gasteiger partial charge in [-0.3, -0.25) is 4.98 Å². The molecule has 0 bridgehead atoms. The standard InChI is InChI=1S/C11H16N2/c1-2-9-6-8-13-11(9)10-5-3-4-7-12-10/h3-5,7,9,11,13H,2,6,8H2,1H3/t9-,11+/m1/s1. The van der Waals surface area contributed by atoms with Gasteiger partial charge in [0.05, 0.1) is 11.7 Å². The van der Waals surface area contributed by atoms with Crippen molar-refractivity contribution in [3.8, 4) is 0 Å². The molecule has 0 aromatic carbocycles. The predicted octanol–water partition coefficient (Wildman–Crippen LogP) is 2.14. The number of hydrogen-bond acceptors (Lipinski definition) is 2. The first-order chi connectivity index (χ1) is 6.42. The Morgan fingerprint density at radius 1 is 1.54 bits per heavy atom. The molecule has 1 fully saturated rings. The van der Waals surface area contributed by atoms with Crippen molar-refractivity contribution in [2.24, 2.45) is 5.92 Å². The van der Waals surface area contributed by atoms with Gasteiger partial charge in [0.1, 0.15) is 0 Å². The molecule has 2 heterocycles. The van der Waals surface area contributed by atoms with Crippen molar-refractivity contribution < 1.29 is 0 Å². The first-order valence-corrected chi connectivity index (χ1v) is 5.06. The molecule has 2 nitrogen and oxygen atoms in total. The van der Waals surface area contributed by atoms with Gasteiger partial charge in [-0.05, 0) is 31.0 Å². The van der Waals surface area contributed by atoms with Gasteiger partial charge >= 0.3 is 0 Å². The molecule has 0 saturated carbocycles. The summed E-state index contributed by atoms with van der Waals surface area (Å²) < 4.78 is 0. The van der Waals surface area contributed by atoms with Crippen LogP contribution in [0.4, 0.5) is 0 Å². The van der Waals surface area contributed by atoms with Crippen LogP contribution in [0.25, 0.3) is 0 Å². The second-order valence-corrected chi connectivity index (χ2v) is 3.64. The summed E-state index contributed by atoms with van der Waals surface area (Å²) >= 11 is 0. The fourth-order valence-electron chi connectivity index (χ4n) is 2.10. The second-order valence-electron chi connectivity index (χ2n) is 3.64. The van der Waals surface area contributed by atoms with E-state index < -0.39 is 0 Å². The van der Waals surface area contributed by atoms with Crippen molar-refractivity contribution in [1.29, 1.82) is 0 Å². The maximum atomic E-state index is 4.40. The van der Waals surface area contributed by atoms with E-state index in [-0.39, 0.29) is 0 Å². The van der Waals surface area contributed by atoms with Crippen LogP contribution >= 0.6 is 0 Å². The largest absolute Gasteiger partial charge is 0.308 e. The summed E-state index contributed by atoms with van der Waals surface area (Å²) in [6.45, 7) is 3.40. The maximum absolute atomic E-state index is 4.40. The minimum atomic E-state index is 0.492. The average molecular weight is 176 g/mol. The molecule has 0 radical (unpaired) electrons. The molecule has 2 rings (SSSR count). The number of rotatable bonds is 2. The van der Waals surface area contributed by atoms with Gasteiger partial charge < -0.3 is 5.32 Å².